The van der Waals surface area contributed by atoms with Crippen molar-refractivity contribution in [3.63, 3.8) is 0 Å². The summed E-state index contributed by atoms with van der Waals surface area (Å²) in [4.78, 5) is 40.2. The molecule has 0 unspecified atom stereocenters. The molecular weight excluding hydrogens is 306 g/mol. The van der Waals surface area contributed by atoms with Gasteiger partial charge in [0.2, 0.25) is 5.91 Å². The van der Waals surface area contributed by atoms with Crippen LogP contribution in [0.2, 0.25) is 0 Å². The Morgan fingerprint density at radius 2 is 1.75 bits per heavy atom. The summed E-state index contributed by atoms with van der Waals surface area (Å²) in [6.45, 7) is 1.73. The van der Waals surface area contributed by atoms with Gasteiger partial charge in [-0.25, -0.2) is 4.79 Å². The SMILES string of the molecule is Cc1ccc(NC(=O)CN2C(=O)N(C)C3(CCCCC3)C2=O)cc1. The van der Waals surface area contributed by atoms with E-state index in [9.17, 15) is 14.4 Å². The monoisotopic (exact) mass is 329 g/mol. The number of anilines is 1. The highest BCUT2D eigenvalue weighted by Gasteiger charge is 2.55. The molecule has 6 heteroatoms. The van der Waals surface area contributed by atoms with Crippen molar-refractivity contribution in [2.75, 3.05) is 18.9 Å². The summed E-state index contributed by atoms with van der Waals surface area (Å²) < 4.78 is 0. The van der Waals surface area contributed by atoms with Gasteiger partial charge < -0.3 is 10.2 Å². The molecule has 0 atom stereocenters. The highest BCUT2D eigenvalue weighted by atomic mass is 16.2. The predicted octanol–water partition coefficient (Wildman–Crippen LogP) is 2.53. The van der Waals surface area contributed by atoms with Crippen molar-refractivity contribution in [3.8, 4) is 0 Å². The topological polar surface area (TPSA) is 69.7 Å². The van der Waals surface area contributed by atoms with E-state index in [2.05, 4.69) is 5.32 Å². The van der Waals surface area contributed by atoms with Gasteiger partial charge >= 0.3 is 6.03 Å². The first-order chi connectivity index (χ1) is 11.4. The van der Waals surface area contributed by atoms with E-state index in [0.29, 0.717) is 18.5 Å². The molecule has 1 aromatic carbocycles. The Morgan fingerprint density at radius 1 is 1.12 bits per heavy atom. The van der Waals surface area contributed by atoms with E-state index in [1.54, 1.807) is 19.2 Å². The largest absolute Gasteiger partial charge is 0.327 e. The van der Waals surface area contributed by atoms with Crippen molar-refractivity contribution >= 4 is 23.5 Å². The van der Waals surface area contributed by atoms with Crippen LogP contribution in [0.1, 0.15) is 37.7 Å². The number of hydrogen-bond acceptors (Lipinski definition) is 3. The van der Waals surface area contributed by atoms with E-state index < -0.39 is 5.54 Å². The molecular formula is C18H23N3O3. The van der Waals surface area contributed by atoms with Crippen molar-refractivity contribution in [1.82, 2.24) is 9.80 Å². The standard InChI is InChI=1S/C18H23N3O3/c1-13-6-8-14(9-7-13)19-15(22)12-21-16(23)18(20(2)17(21)24)10-4-3-5-11-18/h6-9H,3-5,10-12H2,1-2H3,(H,19,22). The number of hydrogen-bond donors (Lipinski definition) is 1. The highest BCUT2D eigenvalue weighted by Crippen LogP contribution is 2.39. The van der Waals surface area contributed by atoms with Gasteiger partial charge in [-0.3, -0.25) is 14.5 Å². The van der Waals surface area contributed by atoms with Crippen LogP contribution in [-0.4, -0.2) is 46.8 Å². The molecule has 1 heterocycles. The quantitative estimate of drug-likeness (QED) is 0.866. The number of likely N-dealkylation sites (N-methyl/N-ethyl adjacent to an activating group) is 1. The average molecular weight is 329 g/mol. The van der Waals surface area contributed by atoms with Crippen molar-refractivity contribution in [3.05, 3.63) is 29.8 Å². The second-order valence-electron chi connectivity index (χ2n) is 6.74. The van der Waals surface area contributed by atoms with Gasteiger partial charge in [-0.2, -0.15) is 0 Å². The summed E-state index contributed by atoms with van der Waals surface area (Å²) in [7, 11) is 1.67. The van der Waals surface area contributed by atoms with Gasteiger partial charge in [0.15, 0.2) is 0 Å². The number of carbonyl (C=O) groups excluding carboxylic acids is 3. The van der Waals surface area contributed by atoms with Gasteiger partial charge in [0, 0.05) is 12.7 Å². The Balaban J connectivity index is 1.70. The number of benzene rings is 1. The Morgan fingerprint density at radius 3 is 2.38 bits per heavy atom. The van der Waals surface area contributed by atoms with Crippen LogP contribution in [0.5, 0.6) is 0 Å². The lowest BCUT2D eigenvalue weighted by atomic mass is 9.81. The molecule has 2 aliphatic rings. The lowest BCUT2D eigenvalue weighted by Crippen LogP contribution is -2.49. The van der Waals surface area contributed by atoms with Gasteiger partial charge in [0.1, 0.15) is 12.1 Å². The second kappa shape index (κ2) is 6.26. The molecule has 1 spiro atoms. The van der Waals surface area contributed by atoms with Crippen LogP contribution in [0.15, 0.2) is 24.3 Å². The van der Waals surface area contributed by atoms with Crippen molar-refractivity contribution in [1.29, 1.82) is 0 Å². The molecule has 1 aliphatic carbocycles. The first-order valence-electron chi connectivity index (χ1n) is 8.40. The molecule has 1 aromatic rings. The number of nitrogens with one attached hydrogen (secondary N) is 1. The van der Waals surface area contributed by atoms with Crippen LogP contribution in [0.25, 0.3) is 0 Å². The molecule has 1 saturated heterocycles. The predicted molar refractivity (Wildman–Crippen MR) is 90.5 cm³/mol. The molecule has 6 nitrogen and oxygen atoms in total. The van der Waals surface area contributed by atoms with E-state index in [1.165, 1.54) is 4.90 Å². The fraction of sp³-hybridized carbons (Fsp3) is 0.500. The van der Waals surface area contributed by atoms with Crippen LogP contribution in [0, 0.1) is 6.92 Å². The zero-order chi connectivity index (χ0) is 17.3. The molecule has 0 aromatic heterocycles. The minimum atomic E-state index is -0.737. The zero-order valence-corrected chi connectivity index (χ0v) is 14.2. The molecule has 3 rings (SSSR count). The summed E-state index contributed by atoms with van der Waals surface area (Å²) in [5.41, 5.74) is 1.02. The van der Waals surface area contributed by atoms with Crippen LogP contribution >= 0.6 is 0 Å². The maximum Gasteiger partial charge on any atom is 0.327 e. The Bertz CT molecular complexity index is 663. The first-order valence-corrected chi connectivity index (χ1v) is 8.40. The molecule has 24 heavy (non-hydrogen) atoms. The Hall–Kier alpha value is -2.37. The van der Waals surface area contributed by atoms with E-state index in [-0.39, 0.29) is 24.4 Å². The van der Waals surface area contributed by atoms with E-state index in [1.807, 2.05) is 19.1 Å². The van der Waals surface area contributed by atoms with Crippen LogP contribution in [0.4, 0.5) is 10.5 Å². The molecule has 1 N–H and O–H groups in total. The number of carbonyl (C=O) groups is 3. The van der Waals surface area contributed by atoms with E-state index >= 15 is 0 Å². The first kappa shape index (κ1) is 16.5. The molecule has 1 aliphatic heterocycles. The molecule has 1 saturated carbocycles. The summed E-state index contributed by atoms with van der Waals surface area (Å²) >= 11 is 0. The number of nitrogens with zero attached hydrogens (tertiary/aromatic N) is 2. The molecule has 4 amide bonds. The molecule has 0 radical (unpaired) electrons. The summed E-state index contributed by atoms with van der Waals surface area (Å²) in [5.74, 6) is -0.587. The van der Waals surface area contributed by atoms with Crippen molar-refractivity contribution in [2.45, 2.75) is 44.6 Å². The van der Waals surface area contributed by atoms with Crippen molar-refractivity contribution in [2.24, 2.45) is 0 Å². The maximum atomic E-state index is 12.8. The smallest absolute Gasteiger partial charge is 0.325 e. The van der Waals surface area contributed by atoms with Gasteiger partial charge in [-0.1, -0.05) is 37.0 Å². The summed E-state index contributed by atoms with van der Waals surface area (Å²) in [5, 5.41) is 2.74. The van der Waals surface area contributed by atoms with Crippen LogP contribution in [0.3, 0.4) is 0 Å². The Kier molecular flexibility index (Phi) is 4.30. The minimum Gasteiger partial charge on any atom is -0.325 e. The van der Waals surface area contributed by atoms with E-state index in [0.717, 1.165) is 29.7 Å². The number of amides is 4. The van der Waals surface area contributed by atoms with Gasteiger partial charge in [0.25, 0.3) is 5.91 Å². The molecule has 128 valence electrons. The minimum absolute atomic E-state index is 0.228. The summed E-state index contributed by atoms with van der Waals surface area (Å²) in [6.07, 6.45) is 4.33. The fourth-order valence-corrected chi connectivity index (χ4v) is 3.65. The van der Waals surface area contributed by atoms with Crippen LogP contribution < -0.4 is 5.32 Å². The maximum absolute atomic E-state index is 12.8. The van der Waals surface area contributed by atoms with Crippen LogP contribution in [-0.2, 0) is 9.59 Å². The normalized spacial score (nSPS) is 19.9. The van der Waals surface area contributed by atoms with Crippen molar-refractivity contribution < 1.29 is 14.4 Å². The highest BCUT2D eigenvalue weighted by molar-refractivity contribution is 6.10. The van der Waals surface area contributed by atoms with Gasteiger partial charge in [-0.15, -0.1) is 0 Å². The fourth-order valence-electron chi connectivity index (χ4n) is 3.65. The van der Waals surface area contributed by atoms with E-state index in [4.69, 9.17) is 0 Å². The summed E-state index contributed by atoms with van der Waals surface area (Å²) in [6, 6.07) is 7.02. The third-order valence-electron chi connectivity index (χ3n) is 5.12. The molecule has 0 bridgehead atoms. The van der Waals surface area contributed by atoms with Gasteiger partial charge in [0.05, 0.1) is 0 Å². The number of imide groups is 1. The van der Waals surface area contributed by atoms with Gasteiger partial charge in [-0.05, 0) is 31.9 Å². The average Bonchev–Trinajstić information content (AvgIpc) is 2.74. The second-order valence-corrected chi connectivity index (χ2v) is 6.74. The zero-order valence-electron chi connectivity index (χ0n) is 14.2. The Labute approximate surface area is 141 Å². The number of rotatable bonds is 3. The third kappa shape index (κ3) is 2.77. The number of urea groups is 1. The lowest BCUT2D eigenvalue weighted by molar-refractivity contribution is -0.136. The number of aryl methyl sites for hydroxylation is 1. The lowest BCUT2D eigenvalue weighted by Gasteiger charge is -2.35. The third-order valence-corrected chi connectivity index (χ3v) is 5.12. The molecule has 2 fully saturated rings.